The van der Waals surface area contributed by atoms with Gasteiger partial charge in [0, 0.05) is 32.6 Å². The van der Waals surface area contributed by atoms with E-state index >= 15 is 0 Å². The molecule has 0 saturated heterocycles. The Bertz CT molecular complexity index is 479. The van der Waals surface area contributed by atoms with E-state index in [-0.39, 0.29) is 29.6 Å². The number of anilines is 1. The maximum absolute atomic E-state index is 11.9. The Labute approximate surface area is 119 Å². The summed E-state index contributed by atoms with van der Waals surface area (Å²) in [5, 5.41) is 2.41. The minimum absolute atomic E-state index is 0.0715. The number of amides is 1. The van der Waals surface area contributed by atoms with Gasteiger partial charge in [-0.2, -0.15) is 13.2 Å². The number of aromatic nitrogens is 2. The van der Waals surface area contributed by atoms with Crippen LogP contribution in [0.25, 0.3) is 0 Å². The van der Waals surface area contributed by atoms with E-state index in [2.05, 4.69) is 15.3 Å². The first kappa shape index (κ1) is 16.5. The summed E-state index contributed by atoms with van der Waals surface area (Å²) in [6.07, 6.45) is 1.36. The zero-order valence-corrected chi connectivity index (χ0v) is 12.1. The Kier molecular flexibility index (Phi) is 5.61. The molecule has 0 aromatic carbocycles. The van der Waals surface area contributed by atoms with Gasteiger partial charge in [-0.15, -0.1) is 0 Å². The lowest BCUT2D eigenvalue weighted by molar-refractivity contribution is -0.0327. The van der Waals surface area contributed by atoms with E-state index in [9.17, 15) is 18.0 Å². The van der Waals surface area contributed by atoms with E-state index in [1.165, 1.54) is 6.20 Å². The van der Waals surface area contributed by atoms with Crippen LogP contribution in [0.15, 0.2) is 6.20 Å². The highest BCUT2D eigenvalue weighted by Crippen LogP contribution is 2.29. The number of hydrogen-bond acceptors (Lipinski definition) is 5. The molecule has 9 heteroatoms. The summed E-state index contributed by atoms with van der Waals surface area (Å²) in [7, 11) is 3.53. The highest BCUT2D eigenvalue weighted by atomic mass is 32.2. The first-order valence-electron chi connectivity index (χ1n) is 5.70. The summed E-state index contributed by atoms with van der Waals surface area (Å²) in [5.41, 5.74) is -3.55. The normalized spacial score (nSPS) is 11.3. The molecule has 1 heterocycles. The number of nitrogens with zero attached hydrogens (tertiary/aromatic N) is 3. The molecule has 0 aliphatic carbocycles. The Balaban J connectivity index is 2.56. The average molecular weight is 308 g/mol. The van der Waals surface area contributed by atoms with Gasteiger partial charge in [0.1, 0.15) is 0 Å². The van der Waals surface area contributed by atoms with Gasteiger partial charge < -0.3 is 10.2 Å². The lowest BCUT2D eigenvalue weighted by atomic mass is 10.2. The van der Waals surface area contributed by atoms with Gasteiger partial charge in [-0.25, -0.2) is 9.97 Å². The number of nitrogens with one attached hydrogen (secondary N) is 1. The van der Waals surface area contributed by atoms with Crippen molar-refractivity contribution >= 4 is 23.6 Å². The number of thioether (sulfide) groups is 1. The molecule has 0 atom stereocenters. The summed E-state index contributed by atoms with van der Waals surface area (Å²) in [4.78, 5) is 21.6. The Morgan fingerprint density at radius 3 is 2.60 bits per heavy atom. The van der Waals surface area contributed by atoms with Gasteiger partial charge in [0.15, 0.2) is 0 Å². The van der Waals surface area contributed by atoms with Gasteiger partial charge >= 0.3 is 5.51 Å². The highest BCUT2D eigenvalue weighted by Gasteiger charge is 2.27. The molecule has 20 heavy (non-hydrogen) atoms. The number of carbonyl (C=O) groups is 1. The Hall–Kier alpha value is -1.51. The van der Waals surface area contributed by atoms with Gasteiger partial charge in [0.25, 0.3) is 5.91 Å². The van der Waals surface area contributed by atoms with Crippen molar-refractivity contribution < 1.29 is 18.0 Å². The molecule has 1 amide bonds. The van der Waals surface area contributed by atoms with Gasteiger partial charge in [-0.05, 0) is 18.7 Å². The molecule has 112 valence electrons. The predicted molar refractivity (Wildman–Crippen MR) is 71.9 cm³/mol. The molecular weight excluding hydrogens is 293 g/mol. The van der Waals surface area contributed by atoms with Crippen molar-refractivity contribution in [2.75, 3.05) is 31.3 Å². The minimum atomic E-state index is -4.28. The highest BCUT2D eigenvalue weighted by molar-refractivity contribution is 8.00. The number of alkyl halides is 3. The van der Waals surface area contributed by atoms with E-state index in [4.69, 9.17) is 0 Å². The molecule has 0 aliphatic heterocycles. The molecule has 0 bridgehead atoms. The van der Waals surface area contributed by atoms with Crippen molar-refractivity contribution in [3.63, 3.8) is 0 Å². The van der Waals surface area contributed by atoms with Crippen molar-refractivity contribution in [1.29, 1.82) is 0 Å². The summed E-state index contributed by atoms with van der Waals surface area (Å²) < 4.78 is 35.7. The summed E-state index contributed by atoms with van der Waals surface area (Å²) in [6.45, 7) is 1.58. The topological polar surface area (TPSA) is 58.1 Å². The molecule has 1 aromatic heterocycles. The van der Waals surface area contributed by atoms with Crippen LogP contribution in [0.5, 0.6) is 0 Å². The quantitative estimate of drug-likeness (QED) is 0.841. The zero-order chi connectivity index (χ0) is 15.3. The smallest absolute Gasteiger partial charge is 0.351 e. The van der Waals surface area contributed by atoms with Crippen LogP contribution in [0.2, 0.25) is 0 Å². The standard InChI is InChI=1S/C11H15F3N4OS/c1-7-8(6-16-10(17-7)18(2)3)9(19)15-4-5-20-11(12,13)14/h6H,4-5H2,1-3H3,(H,15,19). The minimum Gasteiger partial charge on any atom is -0.351 e. The van der Waals surface area contributed by atoms with Crippen molar-refractivity contribution in [1.82, 2.24) is 15.3 Å². The first-order chi connectivity index (χ1) is 9.20. The van der Waals surface area contributed by atoms with Gasteiger partial charge in [-0.3, -0.25) is 4.79 Å². The molecule has 0 spiro atoms. The maximum Gasteiger partial charge on any atom is 0.441 e. The van der Waals surface area contributed by atoms with Crippen molar-refractivity contribution in [2.45, 2.75) is 12.4 Å². The third-order valence-corrected chi connectivity index (χ3v) is 3.00. The van der Waals surface area contributed by atoms with E-state index < -0.39 is 11.4 Å². The van der Waals surface area contributed by atoms with Gasteiger partial charge in [0.05, 0.1) is 11.3 Å². The molecule has 0 aliphatic rings. The third-order valence-electron chi connectivity index (χ3n) is 2.26. The molecule has 1 aromatic rings. The fraction of sp³-hybridized carbons (Fsp3) is 0.545. The fourth-order valence-electron chi connectivity index (χ4n) is 1.32. The molecular formula is C11H15F3N4OS. The molecule has 0 unspecified atom stereocenters. The Morgan fingerprint density at radius 1 is 1.45 bits per heavy atom. The van der Waals surface area contributed by atoms with Gasteiger partial charge in [-0.1, -0.05) is 0 Å². The van der Waals surface area contributed by atoms with Crippen LogP contribution in [0.3, 0.4) is 0 Å². The number of halogens is 3. The monoisotopic (exact) mass is 308 g/mol. The lowest BCUT2D eigenvalue weighted by Gasteiger charge is -2.12. The third kappa shape index (κ3) is 5.24. The van der Waals surface area contributed by atoms with Crippen molar-refractivity contribution in [2.24, 2.45) is 0 Å². The zero-order valence-electron chi connectivity index (χ0n) is 11.3. The molecule has 1 N–H and O–H groups in total. The van der Waals surface area contributed by atoms with Crippen LogP contribution >= 0.6 is 11.8 Å². The van der Waals surface area contributed by atoms with E-state index in [0.717, 1.165) is 0 Å². The fourth-order valence-corrected chi connectivity index (χ4v) is 1.76. The second kappa shape index (κ2) is 6.78. The van der Waals surface area contributed by atoms with Crippen LogP contribution in [-0.2, 0) is 0 Å². The van der Waals surface area contributed by atoms with E-state index in [1.807, 2.05) is 0 Å². The second-order valence-corrected chi connectivity index (χ2v) is 5.27. The number of hydrogen-bond donors (Lipinski definition) is 1. The lowest BCUT2D eigenvalue weighted by Crippen LogP contribution is -2.28. The first-order valence-corrected chi connectivity index (χ1v) is 6.69. The van der Waals surface area contributed by atoms with Crippen molar-refractivity contribution in [3.05, 3.63) is 17.5 Å². The van der Waals surface area contributed by atoms with Crippen LogP contribution in [0.1, 0.15) is 16.1 Å². The van der Waals surface area contributed by atoms with Crippen LogP contribution in [0, 0.1) is 6.92 Å². The van der Waals surface area contributed by atoms with Crippen LogP contribution in [0.4, 0.5) is 19.1 Å². The maximum atomic E-state index is 11.9. The molecule has 0 saturated carbocycles. The number of aryl methyl sites for hydroxylation is 1. The average Bonchev–Trinajstić information content (AvgIpc) is 2.33. The Morgan fingerprint density at radius 2 is 2.10 bits per heavy atom. The van der Waals surface area contributed by atoms with E-state index in [1.54, 1.807) is 25.9 Å². The molecule has 1 rings (SSSR count). The number of rotatable bonds is 5. The summed E-state index contributed by atoms with van der Waals surface area (Å²) in [6, 6.07) is 0. The second-order valence-electron chi connectivity index (χ2n) is 4.11. The van der Waals surface area contributed by atoms with E-state index in [0.29, 0.717) is 11.6 Å². The molecule has 0 fully saturated rings. The number of carbonyl (C=O) groups excluding carboxylic acids is 1. The van der Waals surface area contributed by atoms with Crippen molar-refractivity contribution in [3.8, 4) is 0 Å². The largest absolute Gasteiger partial charge is 0.441 e. The van der Waals surface area contributed by atoms with Gasteiger partial charge in [0.2, 0.25) is 5.95 Å². The SMILES string of the molecule is Cc1nc(N(C)C)ncc1C(=O)NCCSC(F)(F)F. The van der Waals surface area contributed by atoms with Crippen LogP contribution in [-0.4, -0.2) is 47.8 Å². The molecule has 0 radical (unpaired) electrons. The predicted octanol–water partition coefficient (Wildman–Crippen LogP) is 1.83. The summed E-state index contributed by atoms with van der Waals surface area (Å²) in [5.74, 6) is -0.243. The summed E-state index contributed by atoms with van der Waals surface area (Å²) >= 11 is -0.171. The van der Waals surface area contributed by atoms with Crippen LogP contribution < -0.4 is 10.2 Å². The molecule has 5 nitrogen and oxygen atoms in total.